The van der Waals surface area contributed by atoms with Gasteiger partial charge in [-0.05, 0) is 159 Å². The van der Waals surface area contributed by atoms with Crippen molar-refractivity contribution in [1.82, 2.24) is 10.3 Å². The van der Waals surface area contributed by atoms with E-state index >= 15 is 4.79 Å². The molecule has 97 heavy (non-hydrogen) atoms. The summed E-state index contributed by atoms with van der Waals surface area (Å²) >= 11 is 0. The first-order valence-electron chi connectivity index (χ1n) is 34.3. The molecule has 17 rings (SSSR count). The summed E-state index contributed by atoms with van der Waals surface area (Å²) in [6.07, 6.45) is 14.3. The molecule has 4 aliphatic heterocycles. The van der Waals surface area contributed by atoms with Gasteiger partial charge in [0.2, 0.25) is 5.75 Å². The molecule has 7 aliphatic rings. The molecule has 8 aromatic carbocycles. The highest BCUT2D eigenvalue weighted by Crippen LogP contribution is 2.61. The van der Waals surface area contributed by atoms with Crippen LogP contribution in [0.3, 0.4) is 0 Å². The number of aromatic nitrogens is 1. The van der Waals surface area contributed by atoms with Crippen molar-refractivity contribution >= 4 is 62.1 Å². The Morgan fingerprint density at radius 2 is 1.66 bits per heavy atom. The minimum Gasteiger partial charge on any atom is -0.508 e. The molecule has 14 nitrogen and oxygen atoms in total. The number of aliphatic hydroxyl groups excluding tert-OH is 2. The third-order valence-electron chi connectivity index (χ3n) is 21.9. The smallest absolute Gasteiger partial charge is 0.204 e. The first-order chi connectivity index (χ1) is 47.3. The molecular formula is C83H80N6O8. The fourth-order valence-electron chi connectivity index (χ4n) is 17.2. The van der Waals surface area contributed by atoms with Gasteiger partial charge in [-0.1, -0.05) is 159 Å². The number of H-pyrrole nitrogens is 1. The van der Waals surface area contributed by atoms with Gasteiger partial charge in [0.15, 0.2) is 28.5 Å². The van der Waals surface area contributed by atoms with Crippen LogP contribution in [0.2, 0.25) is 0 Å². The number of hydrogen-bond acceptors (Lipinski definition) is 11. The summed E-state index contributed by atoms with van der Waals surface area (Å²) in [6.45, 7) is 3.34. The zero-order valence-corrected chi connectivity index (χ0v) is 54.7. The second-order valence-corrected chi connectivity index (χ2v) is 28.0. The topological polar surface area (TPSA) is 214 Å². The number of aliphatic imine (C=N–C) groups is 1. The molecule has 8 atom stereocenters. The van der Waals surface area contributed by atoms with Crippen LogP contribution in [0.15, 0.2) is 184 Å². The number of nitrogens with zero attached hydrogens (tertiary/aromatic N) is 2. The first-order valence-corrected chi connectivity index (χ1v) is 34.3. The van der Waals surface area contributed by atoms with E-state index in [9.17, 15) is 15.3 Å². The van der Waals surface area contributed by atoms with Crippen LogP contribution in [-0.2, 0) is 23.7 Å². The molecule has 0 radical (unpaired) electrons. The SMILES string of the molecule is COc1c2c(c3oc(-c4ccc(O)cc4)cc(=O)c3c1OCC[C@@H](O)/C=C/c1ccccc1)[C@H]1C#C[C@@H]3NCCN(c4[nH]c(C5(C)CCCC5)cc4-c4cccc(c4)C1)[C@@H]3[C@@]1(C[C@@H]3C=Cc4ccc5cc6ccccc6cc5c4[C@@H]3C1)c1ccc(c(N=C(N)N)c1)C[C@H](CO)CO2. The highest BCUT2D eigenvalue weighted by molar-refractivity contribution is 6.01. The van der Waals surface area contributed by atoms with Crippen LogP contribution < -0.4 is 41.3 Å². The molecule has 490 valence electrons. The largest absolute Gasteiger partial charge is 0.508 e. The van der Waals surface area contributed by atoms with Crippen LogP contribution in [-0.4, -0.2) is 84.5 Å². The Bertz CT molecular complexity index is 4930. The van der Waals surface area contributed by atoms with Crippen molar-refractivity contribution in [2.75, 3.05) is 44.9 Å². The highest BCUT2D eigenvalue weighted by Gasteiger charge is 2.57. The summed E-state index contributed by atoms with van der Waals surface area (Å²) < 4.78 is 27.9. The van der Waals surface area contributed by atoms with Gasteiger partial charge in [-0.3, -0.25) is 4.79 Å². The normalized spacial score (nSPS) is 22.5. The minimum absolute atomic E-state index is 0.0340. The van der Waals surface area contributed by atoms with E-state index in [1.165, 1.54) is 51.5 Å². The van der Waals surface area contributed by atoms with Crippen molar-refractivity contribution < 1.29 is 33.9 Å². The average molecular weight is 1290 g/mol. The molecule has 6 heterocycles. The molecule has 10 aromatic rings. The number of aliphatic hydroxyl groups is 2. The molecule has 2 saturated carbocycles. The Labute approximate surface area is 564 Å². The maximum absolute atomic E-state index is 15.5. The lowest BCUT2D eigenvalue weighted by atomic mass is 9.67. The number of anilines is 1. The third kappa shape index (κ3) is 11.3. The summed E-state index contributed by atoms with van der Waals surface area (Å²) in [7, 11) is 1.53. The number of allylic oxidation sites excluding steroid dienone is 1. The molecular weight excluding hydrogens is 1210 g/mol. The Hall–Kier alpha value is -10.0. The van der Waals surface area contributed by atoms with Crippen molar-refractivity contribution in [3.05, 3.63) is 225 Å². The van der Waals surface area contributed by atoms with E-state index in [4.69, 9.17) is 35.1 Å². The second kappa shape index (κ2) is 25.2. The van der Waals surface area contributed by atoms with Gasteiger partial charge in [-0.15, -0.1) is 0 Å². The molecule has 14 heteroatoms. The van der Waals surface area contributed by atoms with Crippen LogP contribution in [0.5, 0.6) is 23.0 Å². The van der Waals surface area contributed by atoms with E-state index in [1.807, 2.05) is 36.4 Å². The maximum Gasteiger partial charge on any atom is 0.204 e. The predicted molar refractivity (Wildman–Crippen MR) is 386 cm³/mol. The number of methoxy groups -OCH3 is 1. The molecule has 3 fully saturated rings. The van der Waals surface area contributed by atoms with Crippen molar-refractivity contribution in [1.29, 1.82) is 0 Å². The average Bonchev–Trinajstić information content (AvgIpc) is 1.61. The number of aromatic amines is 1. The number of phenols is 1. The summed E-state index contributed by atoms with van der Waals surface area (Å²) in [4.78, 5) is 27.4. The van der Waals surface area contributed by atoms with Crippen molar-refractivity contribution in [2.45, 2.75) is 106 Å². The third-order valence-corrected chi connectivity index (χ3v) is 21.9. The number of nitrogens with two attached hydrogens (primary N) is 2. The van der Waals surface area contributed by atoms with Gasteiger partial charge in [-0.25, -0.2) is 4.99 Å². The quantitative estimate of drug-likeness (QED) is 0.0279. The predicted octanol–water partition coefficient (Wildman–Crippen LogP) is 14.2. The van der Waals surface area contributed by atoms with Crippen LogP contribution in [0.1, 0.15) is 108 Å². The zero-order chi connectivity index (χ0) is 66.1. The number of fused-ring (bicyclic) bond motifs is 17. The number of aromatic hydroxyl groups is 1. The van der Waals surface area contributed by atoms with E-state index in [2.05, 4.69) is 143 Å². The Kier molecular flexibility index (Phi) is 16.0. The van der Waals surface area contributed by atoms with E-state index in [0.717, 1.165) is 77.7 Å². The minimum atomic E-state index is -0.907. The summed E-state index contributed by atoms with van der Waals surface area (Å²) in [5.41, 5.74) is 23.5. The number of nitrogens with one attached hydrogen (secondary N) is 2. The lowest BCUT2D eigenvalue weighted by molar-refractivity contribution is 0.156. The molecule has 1 saturated heterocycles. The summed E-state index contributed by atoms with van der Waals surface area (Å²) in [6, 6.07) is 52.8. The molecule has 9 N–H and O–H groups in total. The van der Waals surface area contributed by atoms with Gasteiger partial charge < -0.3 is 60.6 Å². The number of guanidine groups is 1. The van der Waals surface area contributed by atoms with Crippen LogP contribution in [0.25, 0.3) is 67.1 Å². The molecule has 8 bridgehead atoms. The fourth-order valence-corrected chi connectivity index (χ4v) is 17.2. The number of piperazine rings is 1. The Morgan fingerprint density at radius 1 is 0.845 bits per heavy atom. The molecule has 0 amide bonds. The first kappa shape index (κ1) is 61.8. The van der Waals surface area contributed by atoms with E-state index < -0.39 is 34.8 Å². The van der Waals surface area contributed by atoms with Crippen molar-refractivity contribution in [3.8, 4) is 57.3 Å². The Balaban J connectivity index is 0.963. The molecule has 2 aromatic heterocycles. The summed E-state index contributed by atoms with van der Waals surface area (Å²) in [5.74, 6) is 8.69. The number of phenolic OH excluding ortho intramolecular Hbond substituents is 1. The van der Waals surface area contributed by atoms with Crippen LogP contribution in [0, 0.1) is 23.7 Å². The summed E-state index contributed by atoms with van der Waals surface area (Å²) in [5, 5.41) is 42.7. The van der Waals surface area contributed by atoms with E-state index in [0.29, 0.717) is 42.7 Å². The van der Waals surface area contributed by atoms with Crippen molar-refractivity contribution in [2.24, 2.45) is 28.3 Å². The maximum atomic E-state index is 15.5. The lowest BCUT2D eigenvalue weighted by Gasteiger charge is -2.51. The zero-order valence-electron chi connectivity index (χ0n) is 54.7. The number of rotatable bonds is 11. The lowest BCUT2D eigenvalue weighted by Crippen LogP contribution is -2.65. The number of benzene rings is 8. The van der Waals surface area contributed by atoms with Gasteiger partial charge in [0.25, 0.3) is 0 Å². The van der Waals surface area contributed by atoms with Crippen LogP contribution >= 0.6 is 0 Å². The van der Waals surface area contributed by atoms with Gasteiger partial charge in [0.05, 0.1) is 55.7 Å². The van der Waals surface area contributed by atoms with Crippen molar-refractivity contribution in [3.63, 3.8) is 0 Å². The van der Waals surface area contributed by atoms with E-state index in [-0.39, 0.29) is 95.2 Å². The number of ether oxygens (including phenoxy) is 3. The molecule has 3 aliphatic carbocycles. The van der Waals surface area contributed by atoms with Gasteiger partial charge >= 0.3 is 0 Å². The van der Waals surface area contributed by atoms with E-state index in [1.54, 1.807) is 30.3 Å². The monoisotopic (exact) mass is 1290 g/mol. The Morgan fingerprint density at radius 3 is 2.46 bits per heavy atom. The van der Waals surface area contributed by atoms with Gasteiger partial charge in [0, 0.05) is 65.8 Å². The fraction of sp³-hybridized carbons (Fsp3) is 0.301. The highest BCUT2D eigenvalue weighted by atomic mass is 16.5. The molecule has 0 unspecified atom stereocenters. The van der Waals surface area contributed by atoms with Gasteiger partial charge in [-0.2, -0.15) is 0 Å². The second-order valence-electron chi connectivity index (χ2n) is 28.0. The van der Waals surface area contributed by atoms with Gasteiger partial charge in [0.1, 0.15) is 22.7 Å². The standard InChI is InChI=1S/C83H80N6O8/c1-82(32-8-9-33-82)71-43-65-56-16-10-13-50(37-56)38-59-25-30-67-79(89(35-34-86-67)80(65)88-71)83(45-60-21-19-53-18-20-57-40-54-14-6-7-15-55(54)41-64(57)72(53)66(60)46-83)61-26-22-58(68(42-61)87-81(84)85)39-51(47-90)48-96-76-73(59)75-74(69(93)44-70(97-75)52-23-28-62(91)29-24-52)77(78(76)94-2)95-36-31-63(92)27-17-49-11-4-3-5-12-49/h3-7,10-24,26-29,37,40-44,51,59-60,63,66-67,79,86,88,90-92H,8-9,31-36,38-39,45-48H2,1-2H3,(H4,84,85,87)/b27-17+/t51-,59+,60+,63+,66-,67+,79+,83-/m1/s1. The van der Waals surface area contributed by atoms with Crippen LogP contribution in [0.4, 0.5) is 11.5 Å². The molecule has 1 spiro atoms. The number of hydrogen-bond donors (Lipinski definition) is 7.